The Hall–Kier alpha value is -0.830. The number of amides is 1. The van der Waals surface area contributed by atoms with Crippen molar-refractivity contribution in [2.45, 2.75) is 71.1 Å². The van der Waals surface area contributed by atoms with E-state index in [0.717, 1.165) is 24.0 Å². The lowest BCUT2D eigenvalue weighted by Crippen LogP contribution is -2.29. The van der Waals surface area contributed by atoms with Crippen molar-refractivity contribution in [2.24, 2.45) is 0 Å². The van der Waals surface area contributed by atoms with Crippen LogP contribution in [0.3, 0.4) is 0 Å². The monoisotopic (exact) mass is 381 g/mol. The molecular formula is C20H32BrNO. The number of alkyl halides is 1. The highest BCUT2D eigenvalue weighted by Crippen LogP contribution is 2.16. The molecule has 1 aromatic carbocycles. The second-order valence-corrected chi connectivity index (χ2v) is 7.02. The predicted molar refractivity (Wildman–Crippen MR) is 104 cm³/mol. The molecule has 23 heavy (non-hydrogen) atoms. The summed E-state index contributed by atoms with van der Waals surface area (Å²) in [4.78, 5) is 13.7. The van der Waals surface area contributed by atoms with Crippen LogP contribution in [0.5, 0.6) is 0 Å². The largest absolute Gasteiger partial charge is 0.313 e. The number of anilines is 1. The summed E-state index contributed by atoms with van der Waals surface area (Å²) in [6, 6.07) is 9.99. The molecule has 1 amide bonds. The summed E-state index contributed by atoms with van der Waals surface area (Å²) < 4.78 is 0. The van der Waals surface area contributed by atoms with Gasteiger partial charge in [0.1, 0.15) is 0 Å². The topological polar surface area (TPSA) is 20.3 Å². The van der Waals surface area contributed by atoms with Crippen molar-refractivity contribution >= 4 is 27.5 Å². The zero-order valence-electron chi connectivity index (χ0n) is 14.6. The van der Waals surface area contributed by atoms with E-state index >= 15 is 0 Å². The highest BCUT2D eigenvalue weighted by molar-refractivity contribution is 9.09. The molecule has 0 saturated carbocycles. The third-order valence-corrected chi connectivity index (χ3v) is 4.77. The first-order valence-electron chi connectivity index (χ1n) is 9.15. The lowest BCUT2D eigenvalue weighted by Gasteiger charge is -2.21. The van der Waals surface area contributed by atoms with Crippen molar-refractivity contribution in [3.05, 3.63) is 30.3 Å². The molecule has 0 fully saturated rings. The van der Waals surface area contributed by atoms with Gasteiger partial charge in [-0.1, -0.05) is 85.5 Å². The second kappa shape index (κ2) is 13.6. The molecule has 0 heterocycles. The van der Waals surface area contributed by atoms with E-state index in [4.69, 9.17) is 0 Å². The number of hydrogen-bond acceptors (Lipinski definition) is 1. The molecule has 0 N–H and O–H groups in total. The van der Waals surface area contributed by atoms with Crippen LogP contribution in [0.25, 0.3) is 0 Å². The van der Waals surface area contributed by atoms with E-state index in [1.165, 1.54) is 57.8 Å². The standard InChI is InChI=1S/C20H32BrNO/c1-19(23)22(20-15-11-10-12-16-20)18-14-9-7-5-3-2-4-6-8-13-17-21/h10-12,15-16H,2-9,13-14,17-18H2,1H3. The zero-order chi connectivity index (χ0) is 16.8. The maximum absolute atomic E-state index is 11.8. The van der Waals surface area contributed by atoms with Crippen LogP contribution in [0.15, 0.2) is 30.3 Å². The molecule has 0 radical (unpaired) electrons. The van der Waals surface area contributed by atoms with E-state index in [0.29, 0.717) is 0 Å². The van der Waals surface area contributed by atoms with Gasteiger partial charge in [-0.05, 0) is 25.0 Å². The van der Waals surface area contributed by atoms with Crippen molar-refractivity contribution in [2.75, 3.05) is 16.8 Å². The van der Waals surface area contributed by atoms with Crippen molar-refractivity contribution in [1.82, 2.24) is 0 Å². The SMILES string of the molecule is CC(=O)N(CCCCCCCCCCCCBr)c1ccccc1. The first kappa shape index (κ1) is 20.2. The van der Waals surface area contributed by atoms with Crippen LogP contribution < -0.4 is 4.90 Å². The Morgan fingerprint density at radius 2 is 1.30 bits per heavy atom. The minimum atomic E-state index is 0.139. The Bertz CT molecular complexity index is 407. The molecule has 0 spiro atoms. The lowest BCUT2D eigenvalue weighted by molar-refractivity contribution is -0.116. The van der Waals surface area contributed by atoms with Crippen molar-refractivity contribution in [1.29, 1.82) is 0 Å². The van der Waals surface area contributed by atoms with Crippen LogP contribution in [0, 0.1) is 0 Å². The van der Waals surface area contributed by atoms with E-state index in [-0.39, 0.29) is 5.91 Å². The molecule has 2 nitrogen and oxygen atoms in total. The van der Waals surface area contributed by atoms with Gasteiger partial charge in [0.2, 0.25) is 5.91 Å². The summed E-state index contributed by atoms with van der Waals surface area (Å²) >= 11 is 3.48. The molecule has 0 unspecified atom stereocenters. The number of carbonyl (C=O) groups excluding carboxylic acids is 1. The Balaban J connectivity index is 2.04. The number of benzene rings is 1. The Kier molecular flexibility index (Phi) is 11.9. The zero-order valence-corrected chi connectivity index (χ0v) is 16.2. The van der Waals surface area contributed by atoms with Gasteiger partial charge in [-0.2, -0.15) is 0 Å². The summed E-state index contributed by atoms with van der Waals surface area (Å²) in [6.45, 7) is 2.49. The van der Waals surface area contributed by atoms with Gasteiger partial charge in [-0.15, -0.1) is 0 Å². The molecular weight excluding hydrogens is 350 g/mol. The van der Waals surface area contributed by atoms with Crippen LogP contribution in [-0.4, -0.2) is 17.8 Å². The summed E-state index contributed by atoms with van der Waals surface area (Å²) in [5.41, 5.74) is 1.02. The summed E-state index contributed by atoms with van der Waals surface area (Å²) in [6.07, 6.45) is 13.1. The van der Waals surface area contributed by atoms with Gasteiger partial charge >= 0.3 is 0 Å². The van der Waals surface area contributed by atoms with E-state index in [1.807, 2.05) is 35.2 Å². The quantitative estimate of drug-likeness (QED) is 0.288. The molecule has 130 valence electrons. The molecule has 0 aromatic heterocycles. The molecule has 0 aliphatic carbocycles. The van der Waals surface area contributed by atoms with E-state index < -0.39 is 0 Å². The first-order chi connectivity index (χ1) is 11.3. The first-order valence-corrected chi connectivity index (χ1v) is 10.3. The summed E-state index contributed by atoms with van der Waals surface area (Å²) in [5.74, 6) is 0.139. The average molecular weight is 382 g/mol. The van der Waals surface area contributed by atoms with E-state index in [1.54, 1.807) is 6.92 Å². The average Bonchev–Trinajstić information content (AvgIpc) is 2.56. The van der Waals surface area contributed by atoms with Gasteiger partial charge in [0.25, 0.3) is 0 Å². The fourth-order valence-electron chi connectivity index (χ4n) is 2.85. The number of carbonyl (C=O) groups is 1. The number of halogens is 1. The lowest BCUT2D eigenvalue weighted by atomic mass is 10.1. The molecule has 0 aliphatic rings. The third-order valence-electron chi connectivity index (χ3n) is 4.21. The van der Waals surface area contributed by atoms with Crippen molar-refractivity contribution in [3.63, 3.8) is 0 Å². The smallest absolute Gasteiger partial charge is 0.223 e. The number of hydrogen-bond donors (Lipinski definition) is 0. The molecule has 1 aromatic rings. The maximum atomic E-state index is 11.8. The van der Waals surface area contributed by atoms with Gasteiger partial charge < -0.3 is 4.90 Å². The van der Waals surface area contributed by atoms with Crippen molar-refractivity contribution < 1.29 is 4.79 Å². The molecule has 0 saturated heterocycles. The van der Waals surface area contributed by atoms with Gasteiger partial charge in [0.15, 0.2) is 0 Å². The van der Waals surface area contributed by atoms with Crippen LogP contribution in [-0.2, 0) is 4.79 Å². The van der Waals surface area contributed by atoms with Crippen LogP contribution in [0.1, 0.15) is 71.1 Å². The fraction of sp³-hybridized carbons (Fsp3) is 0.650. The highest BCUT2D eigenvalue weighted by Gasteiger charge is 2.09. The minimum absolute atomic E-state index is 0.139. The van der Waals surface area contributed by atoms with Crippen LogP contribution in [0.4, 0.5) is 5.69 Å². The normalized spacial score (nSPS) is 10.7. The number of nitrogens with zero attached hydrogens (tertiary/aromatic N) is 1. The minimum Gasteiger partial charge on any atom is -0.313 e. The Morgan fingerprint density at radius 1 is 0.826 bits per heavy atom. The highest BCUT2D eigenvalue weighted by atomic mass is 79.9. The molecule has 0 bridgehead atoms. The molecule has 0 atom stereocenters. The Morgan fingerprint density at radius 3 is 1.78 bits per heavy atom. The van der Waals surface area contributed by atoms with Gasteiger partial charge in [0.05, 0.1) is 0 Å². The summed E-state index contributed by atoms with van der Waals surface area (Å²) in [5, 5.41) is 1.15. The van der Waals surface area contributed by atoms with Crippen LogP contribution >= 0.6 is 15.9 Å². The molecule has 3 heteroatoms. The van der Waals surface area contributed by atoms with Crippen LogP contribution in [0.2, 0.25) is 0 Å². The number of unbranched alkanes of at least 4 members (excludes halogenated alkanes) is 9. The molecule has 0 aliphatic heterocycles. The fourth-order valence-corrected chi connectivity index (χ4v) is 3.25. The maximum Gasteiger partial charge on any atom is 0.223 e. The Labute approximate surface area is 150 Å². The van der Waals surface area contributed by atoms with E-state index in [2.05, 4.69) is 15.9 Å². The molecule has 1 rings (SSSR count). The van der Waals surface area contributed by atoms with E-state index in [9.17, 15) is 4.79 Å². The number of rotatable bonds is 13. The van der Waals surface area contributed by atoms with Gasteiger partial charge in [-0.3, -0.25) is 4.79 Å². The predicted octanol–water partition coefficient (Wildman–Crippen LogP) is 6.34. The second-order valence-electron chi connectivity index (χ2n) is 6.23. The van der Waals surface area contributed by atoms with Crippen molar-refractivity contribution in [3.8, 4) is 0 Å². The van der Waals surface area contributed by atoms with Gasteiger partial charge in [0, 0.05) is 24.5 Å². The number of para-hydroxylation sites is 1. The summed E-state index contributed by atoms with van der Waals surface area (Å²) in [7, 11) is 0. The third kappa shape index (κ3) is 9.80. The van der Waals surface area contributed by atoms with Gasteiger partial charge in [-0.25, -0.2) is 0 Å².